The average Bonchev–Trinajstić information content (AvgIpc) is 2.75. The van der Waals surface area contributed by atoms with E-state index < -0.39 is 5.97 Å². The summed E-state index contributed by atoms with van der Waals surface area (Å²) in [6.45, 7) is 0. The van der Waals surface area contributed by atoms with E-state index in [1.165, 1.54) is 6.20 Å². The molecule has 0 unspecified atom stereocenters. The van der Waals surface area contributed by atoms with E-state index >= 15 is 0 Å². The number of carbonyl (C=O) groups is 1. The lowest BCUT2D eigenvalue weighted by Gasteiger charge is -2.01. The van der Waals surface area contributed by atoms with Crippen molar-refractivity contribution in [3.63, 3.8) is 0 Å². The summed E-state index contributed by atoms with van der Waals surface area (Å²) in [4.78, 5) is 10.5. The molecule has 2 aromatic rings. The predicted octanol–water partition coefficient (Wildman–Crippen LogP) is 3.01. The van der Waals surface area contributed by atoms with Crippen LogP contribution in [0.2, 0.25) is 5.02 Å². The first-order valence-corrected chi connectivity index (χ1v) is 5.46. The van der Waals surface area contributed by atoms with Crippen LogP contribution in [0.4, 0.5) is 0 Å². The van der Waals surface area contributed by atoms with Crippen LogP contribution in [0.15, 0.2) is 35.0 Å². The van der Waals surface area contributed by atoms with Gasteiger partial charge in [0.1, 0.15) is 0 Å². The van der Waals surface area contributed by atoms with Crippen molar-refractivity contribution in [2.24, 2.45) is 0 Å². The quantitative estimate of drug-likeness (QED) is 0.907. The molecule has 0 aliphatic rings. The molecule has 0 saturated heterocycles. The highest BCUT2D eigenvalue weighted by atomic mass is 35.5. The Morgan fingerprint density at radius 1 is 1.41 bits per heavy atom. The van der Waals surface area contributed by atoms with Crippen molar-refractivity contribution in [3.8, 4) is 11.3 Å². The molecule has 17 heavy (non-hydrogen) atoms. The second-order valence-corrected chi connectivity index (χ2v) is 3.96. The summed E-state index contributed by atoms with van der Waals surface area (Å²) in [5, 5.41) is 12.9. The Hall–Kier alpha value is -1.81. The van der Waals surface area contributed by atoms with Gasteiger partial charge in [0.2, 0.25) is 0 Å². The first kappa shape index (κ1) is 11.7. The van der Waals surface area contributed by atoms with Crippen LogP contribution in [0.3, 0.4) is 0 Å². The zero-order valence-corrected chi connectivity index (χ0v) is 9.65. The third-order valence-electron chi connectivity index (χ3n) is 2.37. The summed E-state index contributed by atoms with van der Waals surface area (Å²) < 4.78 is 5.14. The van der Waals surface area contributed by atoms with Gasteiger partial charge in [-0.3, -0.25) is 4.79 Å². The van der Waals surface area contributed by atoms with Crippen molar-refractivity contribution >= 4 is 17.6 Å². The third-order valence-corrected chi connectivity index (χ3v) is 2.70. The molecule has 5 heteroatoms. The summed E-state index contributed by atoms with van der Waals surface area (Å²) in [5.41, 5.74) is 1.48. The molecule has 0 amide bonds. The number of carboxylic acid groups (broad SMARTS) is 1. The molecule has 0 bridgehead atoms. The molecule has 0 aliphatic heterocycles. The van der Waals surface area contributed by atoms with Gasteiger partial charge in [0.05, 0.1) is 11.2 Å². The lowest BCUT2D eigenvalue weighted by Crippen LogP contribution is -1.97. The van der Waals surface area contributed by atoms with Crippen molar-refractivity contribution in [1.82, 2.24) is 5.16 Å². The minimum Gasteiger partial charge on any atom is -0.481 e. The summed E-state index contributed by atoms with van der Waals surface area (Å²) in [6.07, 6.45) is 1.94. The normalized spacial score (nSPS) is 10.4. The van der Waals surface area contributed by atoms with Crippen LogP contribution < -0.4 is 0 Å². The summed E-state index contributed by atoms with van der Waals surface area (Å²) in [7, 11) is 0. The highest BCUT2D eigenvalue weighted by molar-refractivity contribution is 6.33. The Bertz CT molecular complexity index is 536. The summed E-state index contributed by atoms with van der Waals surface area (Å²) in [6, 6.07) is 7.22. The molecule has 0 spiro atoms. The Kier molecular flexibility index (Phi) is 3.44. The number of aryl methyl sites for hydroxylation is 1. The van der Waals surface area contributed by atoms with Gasteiger partial charge in [-0.2, -0.15) is 0 Å². The number of hydrogen-bond donors (Lipinski definition) is 1. The van der Waals surface area contributed by atoms with E-state index in [0.717, 1.165) is 11.1 Å². The maximum Gasteiger partial charge on any atom is 0.303 e. The number of benzene rings is 1. The molecule has 0 saturated carbocycles. The Balaban J connectivity index is 2.31. The van der Waals surface area contributed by atoms with Gasteiger partial charge in [-0.05, 0) is 18.6 Å². The molecule has 1 aromatic heterocycles. The van der Waals surface area contributed by atoms with Crippen LogP contribution >= 0.6 is 11.6 Å². The van der Waals surface area contributed by atoms with Crippen LogP contribution in [-0.4, -0.2) is 16.2 Å². The van der Waals surface area contributed by atoms with Crippen molar-refractivity contribution in [1.29, 1.82) is 0 Å². The van der Waals surface area contributed by atoms with E-state index in [0.29, 0.717) is 17.2 Å². The average molecular weight is 252 g/mol. The number of aromatic nitrogens is 1. The van der Waals surface area contributed by atoms with Gasteiger partial charge in [0.25, 0.3) is 0 Å². The second kappa shape index (κ2) is 5.01. The molecule has 0 atom stereocenters. The van der Waals surface area contributed by atoms with Crippen LogP contribution in [0, 0.1) is 0 Å². The number of hydrogen-bond acceptors (Lipinski definition) is 3. The minimum absolute atomic E-state index is 0.0403. The van der Waals surface area contributed by atoms with E-state index in [4.69, 9.17) is 21.2 Å². The van der Waals surface area contributed by atoms with E-state index in [-0.39, 0.29) is 6.42 Å². The smallest absolute Gasteiger partial charge is 0.303 e. The van der Waals surface area contributed by atoms with Crippen molar-refractivity contribution in [2.75, 3.05) is 0 Å². The maximum absolute atomic E-state index is 10.5. The van der Waals surface area contributed by atoms with Gasteiger partial charge in [-0.1, -0.05) is 28.9 Å². The van der Waals surface area contributed by atoms with Gasteiger partial charge in [0.15, 0.2) is 5.76 Å². The molecule has 0 aliphatic carbocycles. The van der Waals surface area contributed by atoms with E-state index in [1.54, 1.807) is 6.07 Å². The van der Waals surface area contributed by atoms with Gasteiger partial charge < -0.3 is 9.63 Å². The van der Waals surface area contributed by atoms with E-state index in [9.17, 15) is 4.79 Å². The molecule has 1 N–H and O–H groups in total. The van der Waals surface area contributed by atoms with E-state index in [1.807, 2.05) is 18.2 Å². The Morgan fingerprint density at radius 3 is 2.88 bits per heavy atom. The molecular weight excluding hydrogens is 242 g/mol. The van der Waals surface area contributed by atoms with Gasteiger partial charge in [0, 0.05) is 17.5 Å². The zero-order chi connectivity index (χ0) is 12.3. The Labute approximate surface area is 103 Å². The molecule has 4 nitrogen and oxygen atoms in total. The topological polar surface area (TPSA) is 63.3 Å². The third kappa shape index (κ3) is 2.65. The molecule has 0 radical (unpaired) electrons. The predicted molar refractivity (Wildman–Crippen MR) is 62.9 cm³/mol. The molecule has 1 heterocycles. The van der Waals surface area contributed by atoms with Crippen LogP contribution in [0.25, 0.3) is 11.3 Å². The fourth-order valence-electron chi connectivity index (χ4n) is 1.55. The lowest BCUT2D eigenvalue weighted by molar-refractivity contribution is -0.136. The molecular formula is C12H10ClNO3. The second-order valence-electron chi connectivity index (χ2n) is 3.55. The van der Waals surface area contributed by atoms with Crippen molar-refractivity contribution < 1.29 is 14.4 Å². The van der Waals surface area contributed by atoms with Crippen LogP contribution in [0.1, 0.15) is 12.0 Å². The first-order chi connectivity index (χ1) is 8.18. The molecule has 88 valence electrons. The monoisotopic (exact) mass is 251 g/mol. The van der Waals surface area contributed by atoms with Crippen LogP contribution in [-0.2, 0) is 11.2 Å². The number of aliphatic carboxylic acids is 1. The highest BCUT2D eigenvalue weighted by Gasteiger charge is 2.14. The molecule has 0 fully saturated rings. The summed E-state index contributed by atoms with van der Waals surface area (Å²) in [5.74, 6) is -0.312. The minimum atomic E-state index is -0.851. The fourth-order valence-corrected chi connectivity index (χ4v) is 1.77. The summed E-state index contributed by atoms with van der Waals surface area (Å²) >= 11 is 6.05. The largest absolute Gasteiger partial charge is 0.481 e. The van der Waals surface area contributed by atoms with Gasteiger partial charge >= 0.3 is 5.97 Å². The van der Waals surface area contributed by atoms with E-state index in [2.05, 4.69) is 5.16 Å². The van der Waals surface area contributed by atoms with Gasteiger partial charge in [-0.25, -0.2) is 0 Å². The number of rotatable bonds is 4. The molecule has 2 rings (SSSR count). The molecule has 1 aromatic carbocycles. The first-order valence-electron chi connectivity index (χ1n) is 5.08. The number of halogens is 1. The lowest BCUT2D eigenvalue weighted by atomic mass is 10.1. The maximum atomic E-state index is 10.5. The van der Waals surface area contributed by atoms with Crippen molar-refractivity contribution in [2.45, 2.75) is 12.8 Å². The van der Waals surface area contributed by atoms with Crippen LogP contribution in [0.5, 0.6) is 0 Å². The number of carboxylic acids is 1. The Morgan fingerprint density at radius 2 is 2.18 bits per heavy atom. The highest BCUT2D eigenvalue weighted by Crippen LogP contribution is 2.30. The number of nitrogens with zero attached hydrogens (tertiary/aromatic N) is 1. The van der Waals surface area contributed by atoms with Crippen molar-refractivity contribution in [3.05, 3.63) is 41.0 Å². The SMILES string of the molecule is O=C(O)CCc1cnoc1-c1ccccc1Cl. The standard InChI is InChI=1S/C12H10ClNO3/c13-10-4-2-1-3-9(10)12-8(7-14-17-12)5-6-11(15)16/h1-4,7H,5-6H2,(H,15,16). The van der Waals surface area contributed by atoms with Gasteiger partial charge in [-0.15, -0.1) is 0 Å². The zero-order valence-electron chi connectivity index (χ0n) is 8.89. The fraction of sp³-hybridized carbons (Fsp3) is 0.167.